The molecule has 0 bridgehead atoms. The molecule has 8 heteroatoms. The summed E-state index contributed by atoms with van der Waals surface area (Å²) in [5.41, 5.74) is 1.59. The fraction of sp³-hybridized carbons (Fsp3) is 0.263. The maximum atomic E-state index is 12.6. The van der Waals surface area contributed by atoms with Crippen LogP contribution in [-0.4, -0.2) is 38.1 Å². The summed E-state index contributed by atoms with van der Waals surface area (Å²) in [5.74, 6) is 2.44. The Kier molecular flexibility index (Phi) is 4.05. The molecule has 3 heterocycles. The summed E-state index contributed by atoms with van der Waals surface area (Å²) in [4.78, 5) is 16.7. The molecule has 1 saturated carbocycles. The highest BCUT2D eigenvalue weighted by molar-refractivity contribution is 7.99. The van der Waals surface area contributed by atoms with E-state index in [2.05, 4.69) is 19.7 Å². The molecule has 1 aliphatic heterocycles. The number of hydrogen-bond donors (Lipinski definition) is 0. The first-order valence-corrected chi connectivity index (χ1v) is 9.69. The fourth-order valence-corrected chi connectivity index (χ4v) is 3.92. The third-order valence-electron chi connectivity index (χ3n) is 4.54. The summed E-state index contributed by atoms with van der Waals surface area (Å²) >= 11 is 1.42. The van der Waals surface area contributed by atoms with Gasteiger partial charge in [0.25, 0.3) is 0 Å². The zero-order valence-corrected chi connectivity index (χ0v) is 15.2. The Morgan fingerprint density at radius 3 is 2.74 bits per heavy atom. The Hall–Kier alpha value is -2.87. The van der Waals surface area contributed by atoms with Crippen LogP contribution in [0.5, 0.6) is 11.5 Å². The van der Waals surface area contributed by atoms with Crippen molar-refractivity contribution in [2.24, 2.45) is 0 Å². The van der Waals surface area contributed by atoms with E-state index in [1.165, 1.54) is 11.8 Å². The Bertz CT molecular complexity index is 1000. The number of rotatable bonds is 6. The molecule has 0 spiro atoms. The van der Waals surface area contributed by atoms with Gasteiger partial charge in [0.2, 0.25) is 6.79 Å². The van der Waals surface area contributed by atoms with Crippen molar-refractivity contribution in [2.75, 3.05) is 12.5 Å². The van der Waals surface area contributed by atoms with Gasteiger partial charge in [0.05, 0.1) is 5.75 Å². The maximum absolute atomic E-state index is 12.6. The van der Waals surface area contributed by atoms with Gasteiger partial charge in [-0.05, 0) is 43.2 Å². The van der Waals surface area contributed by atoms with Gasteiger partial charge in [-0.15, -0.1) is 10.2 Å². The van der Waals surface area contributed by atoms with Crippen molar-refractivity contribution in [1.29, 1.82) is 0 Å². The lowest BCUT2D eigenvalue weighted by molar-refractivity contribution is 0.102. The van der Waals surface area contributed by atoms with Crippen molar-refractivity contribution in [1.82, 2.24) is 19.7 Å². The third kappa shape index (κ3) is 3.16. The van der Waals surface area contributed by atoms with Crippen LogP contribution in [-0.2, 0) is 0 Å². The van der Waals surface area contributed by atoms with E-state index in [0.717, 1.165) is 29.4 Å². The average molecular weight is 380 g/mol. The zero-order chi connectivity index (χ0) is 18.2. The number of aromatic nitrogens is 4. The highest BCUT2D eigenvalue weighted by Crippen LogP contribution is 2.41. The van der Waals surface area contributed by atoms with Crippen LogP contribution in [0.1, 0.15) is 29.2 Å². The number of nitrogens with zero attached hydrogens (tertiary/aromatic N) is 4. The van der Waals surface area contributed by atoms with Gasteiger partial charge in [-0.2, -0.15) is 0 Å². The van der Waals surface area contributed by atoms with Crippen molar-refractivity contribution in [3.05, 3.63) is 48.3 Å². The predicted molar refractivity (Wildman–Crippen MR) is 99.1 cm³/mol. The van der Waals surface area contributed by atoms with Crippen LogP contribution in [0.3, 0.4) is 0 Å². The third-order valence-corrected chi connectivity index (χ3v) is 5.49. The first-order chi connectivity index (χ1) is 13.3. The second-order valence-corrected chi connectivity index (χ2v) is 7.37. The van der Waals surface area contributed by atoms with E-state index in [1.807, 2.05) is 12.1 Å². The molecular weight excluding hydrogens is 364 g/mol. The van der Waals surface area contributed by atoms with Gasteiger partial charge >= 0.3 is 0 Å². The molecule has 0 saturated heterocycles. The van der Waals surface area contributed by atoms with Gasteiger partial charge in [-0.3, -0.25) is 14.3 Å². The van der Waals surface area contributed by atoms with Crippen LogP contribution in [0.15, 0.2) is 47.9 Å². The predicted octanol–water partition coefficient (Wildman–Crippen LogP) is 3.38. The van der Waals surface area contributed by atoms with Gasteiger partial charge < -0.3 is 9.47 Å². The largest absolute Gasteiger partial charge is 0.454 e. The minimum absolute atomic E-state index is 0.0223. The molecule has 0 atom stereocenters. The van der Waals surface area contributed by atoms with Crippen LogP contribution in [0.4, 0.5) is 0 Å². The lowest BCUT2D eigenvalue weighted by Gasteiger charge is -2.08. The van der Waals surface area contributed by atoms with Crippen LogP contribution in [0.2, 0.25) is 0 Å². The van der Waals surface area contributed by atoms with Gasteiger partial charge in [0.1, 0.15) is 0 Å². The molecule has 0 amide bonds. The highest BCUT2D eigenvalue weighted by Gasteiger charge is 2.30. The maximum Gasteiger partial charge on any atom is 0.231 e. The molecule has 0 unspecified atom stereocenters. The summed E-state index contributed by atoms with van der Waals surface area (Å²) in [6.07, 6.45) is 5.72. The van der Waals surface area contributed by atoms with E-state index in [9.17, 15) is 4.79 Å². The van der Waals surface area contributed by atoms with E-state index in [-0.39, 0.29) is 12.6 Å². The second kappa shape index (κ2) is 6.70. The standard InChI is InChI=1S/C19H16N4O3S/c24-15(13-1-4-16-17(9-13)26-11-25-16)10-27-19-22-21-18(23(19)14-2-3-14)12-5-7-20-8-6-12/h1,4-9,14H,2-3,10-11H2. The minimum Gasteiger partial charge on any atom is -0.454 e. The summed E-state index contributed by atoms with van der Waals surface area (Å²) in [7, 11) is 0. The van der Waals surface area contributed by atoms with Crippen LogP contribution in [0.25, 0.3) is 11.4 Å². The van der Waals surface area contributed by atoms with Crippen LogP contribution >= 0.6 is 11.8 Å². The highest BCUT2D eigenvalue weighted by atomic mass is 32.2. The Morgan fingerprint density at radius 2 is 1.93 bits per heavy atom. The monoisotopic (exact) mass is 380 g/mol. The molecule has 0 N–H and O–H groups in total. The lowest BCUT2D eigenvalue weighted by atomic mass is 10.1. The molecule has 5 rings (SSSR count). The van der Waals surface area contributed by atoms with Gasteiger partial charge in [0.15, 0.2) is 28.3 Å². The number of benzene rings is 1. The molecule has 2 aliphatic rings. The fourth-order valence-electron chi connectivity index (χ4n) is 3.02. The number of fused-ring (bicyclic) bond motifs is 1. The minimum atomic E-state index is 0.0223. The molecule has 1 aromatic carbocycles. The Balaban J connectivity index is 1.35. The average Bonchev–Trinajstić information content (AvgIpc) is 3.28. The second-order valence-electron chi connectivity index (χ2n) is 6.42. The molecule has 27 heavy (non-hydrogen) atoms. The Morgan fingerprint density at radius 1 is 1.11 bits per heavy atom. The number of carbonyl (C=O) groups is 1. The molecule has 2 aromatic heterocycles. The molecule has 1 aliphatic carbocycles. The molecule has 3 aromatic rings. The van der Waals surface area contributed by atoms with Crippen LogP contribution in [0, 0.1) is 0 Å². The summed E-state index contributed by atoms with van der Waals surface area (Å²) in [5, 5.41) is 9.47. The van der Waals surface area contributed by atoms with Crippen LogP contribution < -0.4 is 9.47 Å². The van der Waals surface area contributed by atoms with E-state index >= 15 is 0 Å². The van der Waals surface area contributed by atoms with E-state index < -0.39 is 0 Å². The lowest BCUT2D eigenvalue weighted by Crippen LogP contribution is -2.05. The van der Waals surface area contributed by atoms with Crippen molar-refractivity contribution in [3.8, 4) is 22.9 Å². The number of Topliss-reactive ketones (excluding diaryl/α,β-unsaturated/α-hetero) is 1. The molecular formula is C19H16N4O3S. The SMILES string of the molecule is O=C(CSc1nnc(-c2ccncc2)n1C1CC1)c1ccc2c(c1)OCO2. The number of ether oxygens (including phenoxy) is 2. The van der Waals surface area contributed by atoms with Crippen molar-refractivity contribution >= 4 is 17.5 Å². The number of ketones is 1. The quantitative estimate of drug-likeness (QED) is 0.479. The first kappa shape index (κ1) is 16.3. The summed E-state index contributed by atoms with van der Waals surface area (Å²) < 4.78 is 12.8. The number of carbonyl (C=O) groups excluding carboxylic acids is 1. The van der Waals surface area contributed by atoms with E-state index in [0.29, 0.717) is 28.9 Å². The van der Waals surface area contributed by atoms with E-state index in [4.69, 9.17) is 9.47 Å². The topological polar surface area (TPSA) is 79.1 Å². The summed E-state index contributed by atoms with van der Waals surface area (Å²) in [6.45, 7) is 0.198. The van der Waals surface area contributed by atoms with E-state index in [1.54, 1.807) is 30.6 Å². The molecule has 7 nitrogen and oxygen atoms in total. The molecule has 1 fully saturated rings. The van der Waals surface area contributed by atoms with Crippen molar-refractivity contribution in [3.63, 3.8) is 0 Å². The zero-order valence-electron chi connectivity index (χ0n) is 14.4. The van der Waals surface area contributed by atoms with Gasteiger partial charge in [0, 0.05) is 29.6 Å². The van der Waals surface area contributed by atoms with Gasteiger partial charge in [-0.25, -0.2) is 0 Å². The summed E-state index contributed by atoms with van der Waals surface area (Å²) in [6, 6.07) is 9.54. The Labute approximate surface area is 159 Å². The smallest absolute Gasteiger partial charge is 0.231 e. The number of pyridine rings is 1. The van der Waals surface area contributed by atoms with Crippen molar-refractivity contribution < 1.29 is 14.3 Å². The molecule has 0 radical (unpaired) electrons. The van der Waals surface area contributed by atoms with Gasteiger partial charge in [-0.1, -0.05) is 11.8 Å². The first-order valence-electron chi connectivity index (χ1n) is 8.70. The molecule has 136 valence electrons. The number of thioether (sulfide) groups is 1. The van der Waals surface area contributed by atoms with Crippen molar-refractivity contribution in [2.45, 2.75) is 24.0 Å². The normalized spacial score (nSPS) is 15.1. The number of hydrogen-bond acceptors (Lipinski definition) is 7.